The summed E-state index contributed by atoms with van der Waals surface area (Å²) in [7, 11) is 0. The molecule has 6 atom stereocenters. The zero-order chi connectivity index (χ0) is 15.8. The van der Waals surface area contributed by atoms with E-state index in [0.29, 0.717) is 10.8 Å². The molecule has 0 amide bonds. The van der Waals surface area contributed by atoms with Gasteiger partial charge in [-0.25, -0.2) is 0 Å². The summed E-state index contributed by atoms with van der Waals surface area (Å²) in [6, 6.07) is 0. The summed E-state index contributed by atoms with van der Waals surface area (Å²) in [6.07, 6.45) is 13.7. The van der Waals surface area contributed by atoms with Gasteiger partial charge in [-0.15, -0.1) is 0 Å². The summed E-state index contributed by atoms with van der Waals surface area (Å²) in [4.78, 5) is 0. The Balaban J connectivity index is 1.65. The molecule has 0 aromatic heterocycles. The van der Waals surface area contributed by atoms with E-state index in [1.54, 1.807) is 12.8 Å². The maximum absolute atomic E-state index is 2.73. The van der Waals surface area contributed by atoms with Gasteiger partial charge in [-0.3, -0.25) is 0 Å². The van der Waals surface area contributed by atoms with Crippen LogP contribution in [0.1, 0.15) is 92.4 Å². The van der Waals surface area contributed by atoms with Gasteiger partial charge in [0.25, 0.3) is 0 Å². The summed E-state index contributed by atoms with van der Waals surface area (Å²) in [5.74, 6) is 5.15. The highest BCUT2D eigenvalue weighted by Crippen LogP contribution is 2.82. The van der Waals surface area contributed by atoms with Crippen LogP contribution in [0, 0.1) is 45.8 Å². The third-order valence-corrected chi connectivity index (χ3v) is 9.37. The Hall–Kier alpha value is 0. The van der Waals surface area contributed by atoms with Gasteiger partial charge in [0, 0.05) is 0 Å². The fraction of sp³-hybridized carbons (Fsp3) is 1.00. The van der Waals surface area contributed by atoms with Crippen LogP contribution in [0.25, 0.3) is 0 Å². The lowest BCUT2D eigenvalue weighted by molar-refractivity contribution is -0.0898. The zero-order valence-corrected chi connectivity index (χ0v) is 15.8. The van der Waals surface area contributed by atoms with Crippen LogP contribution in [0.5, 0.6) is 0 Å². The molecule has 0 heterocycles. The zero-order valence-electron chi connectivity index (χ0n) is 15.8. The Morgan fingerprint density at radius 2 is 1.68 bits per heavy atom. The Bertz CT molecular complexity index is 443. The van der Waals surface area contributed by atoms with E-state index in [9.17, 15) is 0 Å². The van der Waals surface area contributed by atoms with Crippen molar-refractivity contribution in [2.75, 3.05) is 0 Å². The number of hydrogen-bond acceptors (Lipinski definition) is 0. The topological polar surface area (TPSA) is 0 Å². The molecule has 126 valence electrons. The normalized spacial score (nSPS) is 52.8. The SMILES string of the molecule is CCCC1CC12C(C)C(CC1CC1)C(C)CC2(C)C1(C)CC1. The Morgan fingerprint density at radius 1 is 1.00 bits per heavy atom. The quantitative estimate of drug-likeness (QED) is 0.530. The molecule has 0 bridgehead atoms. The van der Waals surface area contributed by atoms with E-state index in [0.717, 1.165) is 35.0 Å². The van der Waals surface area contributed by atoms with Crippen molar-refractivity contribution in [2.24, 2.45) is 45.8 Å². The van der Waals surface area contributed by atoms with Crippen LogP contribution in [-0.2, 0) is 0 Å². The van der Waals surface area contributed by atoms with Crippen LogP contribution in [0.2, 0.25) is 0 Å². The second kappa shape index (κ2) is 4.76. The van der Waals surface area contributed by atoms with Crippen LogP contribution < -0.4 is 0 Å². The van der Waals surface area contributed by atoms with Crippen molar-refractivity contribution in [2.45, 2.75) is 92.4 Å². The fourth-order valence-electron chi connectivity index (χ4n) is 7.38. The molecule has 1 spiro atoms. The van der Waals surface area contributed by atoms with Crippen molar-refractivity contribution in [3.05, 3.63) is 0 Å². The van der Waals surface area contributed by atoms with Gasteiger partial charge >= 0.3 is 0 Å². The van der Waals surface area contributed by atoms with Crippen molar-refractivity contribution in [3.8, 4) is 0 Å². The van der Waals surface area contributed by atoms with Crippen molar-refractivity contribution in [1.29, 1.82) is 0 Å². The number of hydrogen-bond donors (Lipinski definition) is 0. The molecule has 0 nitrogen and oxygen atoms in total. The molecule has 0 aliphatic heterocycles. The fourth-order valence-corrected chi connectivity index (χ4v) is 7.38. The number of rotatable bonds is 5. The molecule has 4 aliphatic rings. The Morgan fingerprint density at radius 3 is 2.23 bits per heavy atom. The van der Waals surface area contributed by atoms with Gasteiger partial charge in [0.05, 0.1) is 0 Å². The van der Waals surface area contributed by atoms with Crippen molar-refractivity contribution in [1.82, 2.24) is 0 Å². The highest BCUT2D eigenvalue weighted by Gasteiger charge is 2.75. The average Bonchev–Trinajstić information content (AvgIpc) is 3.28. The molecule has 0 N–H and O–H groups in total. The van der Waals surface area contributed by atoms with Crippen LogP contribution in [0.15, 0.2) is 0 Å². The Labute approximate surface area is 138 Å². The van der Waals surface area contributed by atoms with E-state index in [1.807, 2.05) is 0 Å². The first-order valence-corrected chi connectivity index (χ1v) is 10.4. The molecule has 0 heteroatoms. The van der Waals surface area contributed by atoms with Gasteiger partial charge in [-0.2, -0.15) is 0 Å². The molecular weight excluding hydrogens is 264 g/mol. The molecule has 0 saturated heterocycles. The summed E-state index contributed by atoms with van der Waals surface area (Å²) in [5, 5.41) is 0. The van der Waals surface area contributed by atoms with Crippen LogP contribution >= 0.6 is 0 Å². The standard InChI is InChI=1S/C22H38/c1-6-7-18-14-22(18)16(3)19(12-17-8-9-17)15(2)13-21(22,5)20(4)10-11-20/h15-19H,6-14H2,1-5H3. The molecule has 4 aliphatic carbocycles. The van der Waals surface area contributed by atoms with Crippen LogP contribution in [0.4, 0.5) is 0 Å². The highest BCUT2D eigenvalue weighted by molar-refractivity contribution is 5.23. The second-order valence-corrected chi connectivity index (χ2v) is 10.4. The van der Waals surface area contributed by atoms with Gasteiger partial charge in [0.2, 0.25) is 0 Å². The predicted octanol–water partition coefficient (Wildman–Crippen LogP) is 6.69. The summed E-state index contributed by atoms with van der Waals surface area (Å²) in [6.45, 7) is 13.1. The molecule has 4 saturated carbocycles. The van der Waals surface area contributed by atoms with E-state index >= 15 is 0 Å². The average molecular weight is 303 g/mol. The first-order valence-electron chi connectivity index (χ1n) is 10.4. The molecule has 22 heavy (non-hydrogen) atoms. The molecular formula is C22H38. The monoisotopic (exact) mass is 302 g/mol. The van der Waals surface area contributed by atoms with E-state index in [2.05, 4.69) is 34.6 Å². The molecule has 0 aromatic carbocycles. The summed E-state index contributed by atoms with van der Waals surface area (Å²) >= 11 is 0. The maximum atomic E-state index is 2.73. The van der Waals surface area contributed by atoms with Gasteiger partial charge in [0.1, 0.15) is 0 Å². The van der Waals surface area contributed by atoms with E-state index in [-0.39, 0.29) is 0 Å². The molecule has 4 fully saturated rings. The van der Waals surface area contributed by atoms with Crippen LogP contribution in [0.3, 0.4) is 0 Å². The van der Waals surface area contributed by atoms with E-state index in [1.165, 1.54) is 44.9 Å². The summed E-state index contributed by atoms with van der Waals surface area (Å²) in [5.41, 5.74) is 2.04. The van der Waals surface area contributed by atoms with E-state index < -0.39 is 0 Å². The first-order chi connectivity index (χ1) is 10.4. The molecule has 0 aromatic rings. The van der Waals surface area contributed by atoms with Gasteiger partial charge in [0.15, 0.2) is 0 Å². The van der Waals surface area contributed by atoms with Crippen molar-refractivity contribution in [3.63, 3.8) is 0 Å². The minimum absolute atomic E-state index is 0.638. The third kappa shape index (κ3) is 1.94. The van der Waals surface area contributed by atoms with Crippen molar-refractivity contribution < 1.29 is 0 Å². The largest absolute Gasteiger partial charge is 0.0654 e. The molecule has 4 rings (SSSR count). The van der Waals surface area contributed by atoms with E-state index in [4.69, 9.17) is 0 Å². The Kier molecular flexibility index (Phi) is 3.36. The van der Waals surface area contributed by atoms with Gasteiger partial charge in [-0.05, 0) is 77.9 Å². The smallest absolute Gasteiger partial charge is 0.0179 e. The molecule has 0 radical (unpaired) electrons. The van der Waals surface area contributed by atoms with Crippen LogP contribution in [-0.4, -0.2) is 0 Å². The predicted molar refractivity (Wildman–Crippen MR) is 94.7 cm³/mol. The highest BCUT2D eigenvalue weighted by atomic mass is 14.8. The van der Waals surface area contributed by atoms with Gasteiger partial charge < -0.3 is 0 Å². The minimum atomic E-state index is 0.638. The van der Waals surface area contributed by atoms with Crippen molar-refractivity contribution >= 4 is 0 Å². The third-order valence-electron chi connectivity index (χ3n) is 9.37. The lowest BCUT2D eigenvalue weighted by Crippen LogP contribution is -2.51. The maximum Gasteiger partial charge on any atom is -0.0179 e. The first kappa shape index (κ1) is 15.5. The second-order valence-electron chi connectivity index (χ2n) is 10.4. The summed E-state index contributed by atoms with van der Waals surface area (Å²) < 4.78 is 0. The lowest BCUT2D eigenvalue weighted by atomic mass is 9.47. The molecule has 6 unspecified atom stereocenters. The lowest BCUT2D eigenvalue weighted by Gasteiger charge is -2.57. The minimum Gasteiger partial charge on any atom is -0.0654 e. The van der Waals surface area contributed by atoms with Gasteiger partial charge in [-0.1, -0.05) is 60.3 Å².